The number of carbonyl (C=O) groups is 2. The van der Waals surface area contributed by atoms with Crippen LogP contribution >= 0.6 is 0 Å². The number of carbonyl (C=O) groups excluding carboxylic acids is 1. The number of hydrogen-bond acceptors (Lipinski definition) is 3. The molecule has 3 atom stereocenters. The highest BCUT2D eigenvalue weighted by Gasteiger charge is 2.46. The normalized spacial score (nSPS) is 34.8. The molecule has 0 aromatic carbocycles. The summed E-state index contributed by atoms with van der Waals surface area (Å²) >= 11 is 0. The van der Waals surface area contributed by atoms with Gasteiger partial charge in [0.1, 0.15) is 6.04 Å². The van der Waals surface area contributed by atoms with E-state index in [-0.39, 0.29) is 11.8 Å². The lowest BCUT2D eigenvalue weighted by Crippen LogP contribution is -2.59. The minimum Gasteiger partial charge on any atom is -0.480 e. The number of carboxylic acid groups (broad SMARTS) is 1. The first kappa shape index (κ1) is 15.3. The first-order valence-corrected chi connectivity index (χ1v) is 7.76. The molecule has 0 saturated carbocycles. The molecule has 0 aromatic rings. The van der Waals surface area contributed by atoms with E-state index < -0.39 is 17.4 Å². The van der Waals surface area contributed by atoms with Crippen LogP contribution in [0.4, 0.5) is 0 Å². The molecule has 2 fully saturated rings. The number of hydrogen-bond donors (Lipinski definition) is 2. The van der Waals surface area contributed by atoms with Crippen LogP contribution in [0.25, 0.3) is 0 Å². The maximum atomic E-state index is 13.0. The molecule has 2 aliphatic heterocycles. The molecule has 2 N–H and O–H groups in total. The lowest BCUT2D eigenvalue weighted by Gasteiger charge is -2.44. The number of nitrogens with zero attached hydrogens (tertiary/aromatic N) is 1. The molecule has 0 spiro atoms. The highest BCUT2D eigenvalue weighted by Crippen LogP contribution is 2.35. The smallest absolute Gasteiger partial charge is 0.326 e. The number of carboxylic acids is 1. The third-order valence-electron chi connectivity index (χ3n) is 5.05. The van der Waals surface area contributed by atoms with Crippen LogP contribution in [0.2, 0.25) is 0 Å². The molecule has 114 valence electrons. The van der Waals surface area contributed by atoms with E-state index in [2.05, 4.69) is 5.32 Å². The first-order valence-electron chi connectivity index (χ1n) is 7.76. The number of piperidine rings is 2. The summed E-state index contributed by atoms with van der Waals surface area (Å²) in [6.07, 6.45) is 4.42. The lowest BCUT2D eigenvalue weighted by molar-refractivity contribution is -0.160. The Morgan fingerprint density at radius 3 is 2.70 bits per heavy atom. The Balaban J connectivity index is 2.22. The molecule has 0 bridgehead atoms. The van der Waals surface area contributed by atoms with E-state index in [1.54, 1.807) is 4.90 Å². The molecular formula is C15H26N2O3. The maximum absolute atomic E-state index is 13.0. The Labute approximate surface area is 120 Å². The van der Waals surface area contributed by atoms with Gasteiger partial charge in [0.05, 0.1) is 5.41 Å². The molecular weight excluding hydrogens is 256 g/mol. The van der Waals surface area contributed by atoms with Crippen molar-refractivity contribution in [2.45, 2.75) is 52.0 Å². The van der Waals surface area contributed by atoms with E-state index in [1.807, 2.05) is 13.8 Å². The topological polar surface area (TPSA) is 69.6 Å². The fraction of sp³-hybridized carbons (Fsp3) is 0.867. The molecule has 5 nitrogen and oxygen atoms in total. The van der Waals surface area contributed by atoms with Gasteiger partial charge >= 0.3 is 5.97 Å². The standard InChI is InChI=1S/C15H26N2O3/c1-3-15(7-5-8-16-10-15)14(20)17-9-4-6-11(2)12(17)13(18)19/h11-12,16H,3-10H2,1-2H3,(H,18,19). The summed E-state index contributed by atoms with van der Waals surface area (Å²) in [5.74, 6) is -0.776. The Kier molecular flexibility index (Phi) is 4.68. The Bertz CT molecular complexity index is 377. The van der Waals surface area contributed by atoms with Crippen LogP contribution in [-0.4, -0.2) is 47.6 Å². The van der Waals surface area contributed by atoms with Gasteiger partial charge in [-0.05, 0) is 44.6 Å². The van der Waals surface area contributed by atoms with Gasteiger partial charge in [-0.2, -0.15) is 0 Å². The minimum absolute atomic E-state index is 0.0376. The van der Waals surface area contributed by atoms with Crippen LogP contribution < -0.4 is 5.32 Å². The van der Waals surface area contributed by atoms with Crippen molar-refractivity contribution >= 4 is 11.9 Å². The lowest BCUT2D eigenvalue weighted by atomic mass is 9.75. The Hall–Kier alpha value is -1.10. The van der Waals surface area contributed by atoms with Gasteiger partial charge < -0.3 is 15.3 Å². The zero-order valence-electron chi connectivity index (χ0n) is 12.5. The van der Waals surface area contributed by atoms with Crippen molar-refractivity contribution in [1.29, 1.82) is 0 Å². The zero-order chi connectivity index (χ0) is 14.8. The molecule has 1 amide bonds. The molecule has 0 aliphatic carbocycles. The molecule has 2 heterocycles. The quantitative estimate of drug-likeness (QED) is 0.822. The average Bonchev–Trinajstić information content (AvgIpc) is 2.46. The van der Waals surface area contributed by atoms with E-state index in [9.17, 15) is 14.7 Å². The van der Waals surface area contributed by atoms with Gasteiger partial charge in [-0.25, -0.2) is 4.79 Å². The van der Waals surface area contributed by atoms with E-state index in [0.29, 0.717) is 13.1 Å². The fourth-order valence-electron chi connectivity index (χ4n) is 3.70. The van der Waals surface area contributed by atoms with Crippen LogP contribution in [0, 0.1) is 11.3 Å². The van der Waals surface area contributed by atoms with Crippen molar-refractivity contribution in [3.8, 4) is 0 Å². The summed E-state index contributed by atoms with van der Waals surface area (Å²) in [5, 5.41) is 12.8. The molecule has 0 radical (unpaired) electrons. The average molecular weight is 282 g/mol. The van der Waals surface area contributed by atoms with Gasteiger partial charge in [0.15, 0.2) is 0 Å². The number of amides is 1. The Morgan fingerprint density at radius 1 is 1.40 bits per heavy atom. The Morgan fingerprint density at radius 2 is 2.15 bits per heavy atom. The molecule has 5 heteroatoms. The molecule has 2 rings (SSSR count). The summed E-state index contributed by atoms with van der Waals surface area (Å²) in [6.45, 7) is 6.19. The number of nitrogens with one attached hydrogen (secondary N) is 1. The monoisotopic (exact) mass is 282 g/mol. The van der Waals surface area contributed by atoms with E-state index >= 15 is 0 Å². The van der Waals surface area contributed by atoms with E-state index in [1.165, 1.54) is 0 Å². The van der Waals surface area contributed by atoms with Gasteiger partial charge in [-0.15, -0.1) is 0 Å². The highest BCUT2D eigenvalue weighted by atomic mass is 16.4. The fourth-order valence-corrected chi connectivity index (χ4v) is 3.70. The minimum atomic E-state index is -0.861. The van der Waals surface area contributed by atoms with Gasteiger partial charge in [0.25, 0.3) is 0 Å². The summed E-state index contributed by atoms with van der Waals surface area (Å²) in [7, 11) is 0. The van der Waals surface area contributed by atoms with Crippen LogP contribution in [0.5, 0.6) is 0 Å². The molecule has 20 heavy (non-hydrogen) atoms. The second-order valence-electron chi connectivity index (χ2n) is 6.32. The van der Waals surface area contributed by atoms with Crippen LogP contribution in [0.15, 0.2) is 0 Å². The van der Waals surface area contributed by atoms with Crippen LogP contribution in [0.3, 0.4) is 0 Å². The zero-order valence-corrected chi connectivity index (χ0v) is 12.5. The van der Waals surface area contributed by atoms with Gasteiger partial charge in [0.2, 0.25) is 5.91 Å². The third-order valence-corrected chi connectivity index (χ3v) is 5.05. The predicted molar refractivity (Wildman–Crippen MR) is 76.4 cm³/mol. The summed E-state index contributed by atoms with van der Waals surface area (Å²) in [4.78, 5) is 26.2. The molecule has 2 aliphatic rings. The van der Waals surface area contributed by atoms with Crippen molar-refractivity contribution in [3.63, 3.8) is 0 Å². The van der Waals surface area contributed by atoms with Crippen LogP contribution in [-0.2, 0) is 9.59 Å². The third kappa shape index (κ3) is 2.68. The summed E-state index contributed by atoms with van der Waals surface area (Å²) in [5.41, 5.74) is -0.400. The predicted octanol–water partition coefficient (Wildman–Crippen LogP) is 1.48. The second kappa shape index (κ2) is 6.12. The van der Waals surface area contributed by atoms with Gasteiger partial charge in [0, 0.05) is 13.1 Å². The number of aliphatic carboxylic acids is 1. The summed E-state index contributed by atoms with van der Waals surface area (Å²) in [6, 6.07) is -0.651. The second-order valence-corrected chi connectivity index (χ2v) is 6.32. The number of likely N-dealkylation sites (tertiary alicyclic amines) is 1. The van der Waals surface area contributed by atoms with Crippen molar-refractivity contribution in [1.82, 2.24) is 10.2 Å². The highest BCUT2D eigenvalue weighted by molar-refractivity contribution is 5.88. The maximum Gasteiger partial charge on any atom is 0.326 e. The van der Waals surface area contributed by atoms with Crippen molar-refractivity contribution in [2.24, 2.45) is 11.3 Å². The molecule has 2 saturated heterocycles. The summed E-state index contributed by atoms with van der Waals surface area (Å²) < 4.78 is 0. The van der Waals surface area contributed by atoms with E-state index in [0.717, 1.165) is 38.6 Å². The van der Waals surface area contributed by atoms with E-state index in [4.69, 9.17) is 0 Å². The van der Waals surface area contributed by atoms with Crippen LogP contribution in [0.1, 0.15) is 46.0 Å². The molecule has 0 aromatic heterocycles. The number of rotatable bonds is 3. The first-order chi connectivity index (χ1) is 9.52. The SMILES string of the molecule is CCC1(C(=O)N2CCCC(C)C2C(=O)O)CCCNC1. The van der Waals surface area contributed by atoms with Gasteiger partial charge in [-0.1, -0.05) is 13.8 Å². The van der Waals surface area contributed by atoms with Crippen molar-refractivity contribution in [2.75, 3.05) is 19.6 Å². The largest absolute Gasteiger partial charge is 0.480 e. The van der Waals surface area contributed by atoms with Crippen molar-refractivity contribution < 1.29 is 14.7 Å². The molecule has 3 unspecified atom stereocenters. The van der Waals surface area contributed by atoms with Gasteiger partial charge in [-0.3, -0.25) is 4.79 Å². The van der Waals surface area contributed by atoms with Crippen molar-refractivity contribution in [3.05, 3.63) is 0 Å².